The molecule has 4 rings (SSSR count). The Labute approximate surface area is 178 Å². The van der Waals surface area contributed by atoms with Crippen molar-refractivity contribution in [2.75, 3.05) is 5.32 Å². The van der Waals surface area contributed by atoms with Crippen LogP contribution in [-0.2, 0) is 4.79 Å². The predicted molar refractivity (Wildman–Crippen MR) is 114 cm³/mol. The summed E-state index contributed by atoms with van der Waals surface area (Å²) in [6, 6.07) is 9.66. The molecule has 1 aliphatic carbocycles. The van der Waals surface area contributed by atoms with Crippen molar-refractivity contribution >= 4 is 35.2 Å². The van der Waals surface area contributed by atoms with Gasteiger partial charge in [-0.25, -0.2) is 9.97 Å². The number of carbonyl (C=O) groups excluding carboxylic acids is 1. The van der Waals surface area contributed by atoms with E-state index in [0.717, 1.165) is 29.4 Å². The highest BCUT2D eigenvalue weighted by atomic mass is 35.5. The van der Waals surface area contributed by atoms with E-state index in [2.05, 4.69) is 30.0 Å². The van der Waals surface area contributed by atoms with Crippen LogP contribution in [0.3, 0.4) is 0 Å². The lowest BCUT2D eigenvalue weighted by Crippen LogP contribution is -2.24. The Morgan fingerprint density at radius 2 is 1.90 bits per heavy atom. The first kappa shape index (κ1) is 19.8. The molecule has 1 N–H and O–H groups in total. The molecule has 29 heavy (non-hydrogen) atoms. The number of thioether (sulfide) groups is 1. The van der Waals surface area contributed by atoms with Gasteiger partial charge >= 0.3 is 0 Å². The summed E-state index contributed by atoms with van der Waals surface area (Å²) in [5.74, 6) is 0.865. The Morgan fingerprint density at radius 1 is 1.17 bits per heavy atom. The normalized spacial score (nSPS) is 15.4. The monoisotopic (exact) mass is 428 g/mol. The maximum Gasteiger partial charge on any atom is 0.240 e. The fraction of sp³-hybridized carbons (Fsp3) is 0.350. The highest BCUT2D eigenvalue weighted by molar-refractivity contribution is 8.00. The third kappa shape index (κ3) is 4.43. The van der Waals surface area contributed by atoms with E-state index in [4.69, 9.17) is 11.6 Å². The Kier molecular flexibility index (Phi) is 6.10. The number of nitrogens with one attached hydrogen (secondary N) is 1. The molecule has 0 radical (unpaired) electrons. The minimum absolute atomic E-state index is 0.179. The second kappa shape index (κ2) is 8.92. The summed E-state index contributed by atoms with van der Waals surface area (Å²) < 4.78 is 2.15. The zero-order chi connectivity index (χ0) is 20.2. The molecule has 150 valence electrons. The van der Waals surface area contributed by atoms with Crippen LogP contribution in [-0.4, -0.2) is 35.9 Å². The molecule has 1 fully saturated rings. The Morgan fingerprint density at radius 3 is 2.62 bits per heavy atom. The minimum Gasteiger partial charge on any atom is -0.299 e. The molecular weight excluding hydrogens is 408 g/mol. The summed E-state index contributed by atoms with van der Waals surface area (Å²) in [7, 11) is 0. The molecule has 9 heteroatoms. The van der Waals surface area contributed by atoms with Gasteiger partial charge in [-0.05, 0) is 38.0 Å². The molecule has 1 aromatic carbocycles. The molecule has 1 unspecified atom stereocenters. The van der Waals surface area contributed by atoms with E-state index in [9.17, 15) is 4.79 Å². The number of rotatable bonds is 6. The van der Waals surface area contributed by atoms with Gasteiger partial charge in [0.05, 0.1) is 10.3 Å². The summed E-state index contributed by atoms with van der Waals surface area (Å²) in [4.78, 5) is 20.7. The van der Waals surface area contributed by atoms with Gasteiger partial charge in [-0.1, -0.05) is 48.3 Å². The van der Waals surface area contributed by atoms with Crippen molar-refractivity contribution in [1.82, 2.24) is 24.7 Å². The quantitative estimate of drug-likeness (QED) is 0.576. The molecule has 1 amide bonds. The standard InChI is InChI=1S/C20H21ClN6OS/c1-13(18(28)24-19-22-11-6-12-23-19)29-20-26-25-17(15-9-4-5-10-16(15)21)27(20)14-7-2-3-8-14/h4-6,9-14H,2-3,7-8H2,1H3,(H,22,23,24,28). The molecule has 2 aromatic heterocycles. The average Bonchev–Trinajstić information content (AvgIpc) is 3.39. The predicted octanol–water partition coefficient (Wildman–Crippen LogP) is 4.62. The first-order valence-corrected chi connectivity index (χ1v) is 10.8. The number of aromatic nitrogens is 5. The highest BCUT2D eigenvalue weighted by Gasteiger charge is 2.28. The fourth-order valence-electron chi connectivity index (χ4n) is 3.46. The summed E-state index contributed by atoms with van der Waals surface area (Å²) >= 11 is 7.81. The third-order valence-electron chi connectivity index (χ3n) is 4.92. The van der Waals surface area contributed by atoms with Crippen LogP contribution >= 0.6 is 23.4 Å². The number of hydrogen-bond donors (Lipinski definition) is 1. The first-order valence-electron chi connectivity index (χ1n) is 9.58. The molecule has 3 aromatic rings. The van der Waals surface area contributed by atoms with Crippen LogP contribution in [0.5, 0.6) is 0 Å². The van der Waals surface area contributed by atoms with Crippen LogP contribution in [0.1, 0.15) is 38.6 Å². The van der Waals surface area contributed by atoms with Crippen LogP contribution in [0.15, 0.2) is 47.9 Å². The summed E-state index contributed by atoms with van der Waals surface area (Å²) in [6.45, 7) is 1.84. The minimum atomic E-state index is -0.387. The van der Waals surface area contributed by atoms with Gasteiger partial charge < -0.3 is 0 Å². The van der Waals surface area contributed by atoms with Gasteiger partial charge in [0.1, 0.15) is 0 Å². The van der Waals surface area contributed by atoms with Crippen LogP contribution in [0.25, 0.3) is 11.4 Å². The molecule has 1 atom stereocenters. The summed E-state index contributed by atoms with van der Waals surface area (Å²) in [6.07, 6.45) is 7.68. The van der Waals surface area contributed by atoms with E-state index in [0.29, 0.717) is 17.0 Å². The van der Waals surface area contributed by atoms with Crippen molar-refractivity contribution in [2.45, 2.75) is 49.1 Å². The van der Waals surface area contributed by atoms with Crippen LogP contribution in [0.2, 0.25) is 5.02 Å². The van der Waals surface area contributed by atoms with Gasteiger partial charge in [0.15, 0.2) is 11.0 Å². The molecule has 0 aliphatic heterocycles. The zero-order valence-corrected chi connectivity index (χ0v) is 17.5. The van der Waals surface area contributed by atoms with E-state index in [-0.39, 0.29) is 11.2 Å². The molecule has 7 nitrogen and oxygen atoms in total. The molecule has 0 saturated heterocycles. The largest absolute Gasteiger partial charge is 0.299 e. The first-order chi connectivity index (χ1) is 14.1. The van der Waals surface area contributed by atoms with Crippen molar-refractivity contribution in [3.8, 4) is 11.4 Å². The fourth-order valence-corrected chi connectivity index (χ4v) is 4.60. The van der Waals surface area contributed by atoms with Crippen molar-refractivity contribution in [1.29, 1.82) is 0 Å². The third-order valence-corrected chi connectivity index (χ3v) is 6.31. The number of nitrogens with zero attached hydrogens (tertiary/aromatic N) is 5. The smallest absolute Gasteiger partial charge is 0.240 e. The molecule has 0 spiro atoms. The Bertz CT molecular complexity index is 990. The average molecular weight is 429 g/mol. The number of benzene rings is 1. The van der Waals surface area contributed by atoms with Crippen LogP contribution in [0, 0.1) is 0 Å². The van der Waals surface area contributed by atoms with Crippen molar-refractivity contribution in [3.63, 3.8) is 0 Å². The van der Waals surface area contributed by atoms with Gasteiger partial charge in [0.2, 0.25) is 11.9 Å². The lowest BCUT2D eigenvalue weighted by atomic mass is 10.2. The highest BCUT2D eigenvalue weighted by Crippen LogP contribution is 2.39. The number of halogens is 1. The maximum atomic E-state index is 12.6. The van der Waals surface area contributed by atoms with E-state index < -0.39 is 0 Å². The second-order valence-corrected chi connectivity index (χ2v) is 8.63. The molecule has 0 bridgehead atoms. The number of anilines is 1. The van der Waals surface area contributed by atoms with E-state index >= 15 is 0 Å². The number of amides is 1. The van der Waals surface area contributed by atoms with Crippen LogP contribution < -0.4 is 5.32 Å². The molecule has 2 heterocycles. The van der Waals surface area contributed by atoms with Gasteiger partial charge in [-0.2, -0.15) is 0 Å². The molecular formula is C20H21ClN6OS. The van der Waals surface area contributed by atoms with E-state index in [1.807, 2.05) is 31.2 Å². The lowest BCUT2D eigenvalue weighted by molar-refractivity contribution is -0.115. The van der Waals surface area contributed by atoms with Gasteiger partial charge in [-0.3, -0.25) is 14.7 Å². The molecule has 1 saturated carbocycles. The van der Waals surface area contributed by atoms with Gasteiger partial charge in [-0.15, -0.1) is 10.2 Å². The van der Waals surface area contributed by atoms with Crippen molar-refractivity contribution in [3.05, 3.63) is 47.7 Å². The van der Waals surface area contributed by atoms with Crippen LogP contribution in [0.4, 0.5) is 5.95 Å². The lowest BCUT2D eigenvalue weighted by Gasteiger charge is -2.18. The summed E-state index contributed by atoms with van der Waals surface area (Å²) in [5.41, 5.74) is 0.857. The van der Waals surface area contributed by atoms with Gasteiger partial charge in [0.25, 0.3) is 0 Å². The number of carbonyl (C=O) groups is 1. The topological polar surface area (TPSA) is 85.6 Å². The van der Waals surface area contributed by atoms with Gasteiger partial charge in [0, 0.05) is 24.0 Å². The second-order valence-electron chi connectivity index (χ2n) is 6.92. The van der Waals surface area contributed by atoms with Crippen molar-refractivity contribution < 1.29 is 4.79 Å². The zero-order valence-electron chi connectivity index (χ0n) is 16.0. The number of hydrogen-bond acceptors (Lipinski definition) is 6. The van der Waals surface area contributed by atoms with Crippen molar-refractivity contribution in [2.24, 2.45) is 0 Å². The van der Waals surface area contributed by atoms with E-state index in [1.165, 1.54) is 24.6 Å². The Balaban J connectivity index is 1.60. The van der Waals surface area contributed by atoms with E-state index in [1.54, 1.807) is 18.5 Å². The molecule has 1 aliphatic rings. The SMILES string of the molecule is CC(Sc1nnc(-c2ccccc2Cl)n1C1CCCC1)C(=O)Nc1ncccn1. The Hall–Kier alpha value is -2.45. The summed E-state index contributed by atoms with van der Waals surface area (Å²) in [5, 5.41) is 12.6. The maximum absolute atomic E-state index is 12.6.